The Morgan fingerprint density at radius 3 is 2.64 bits per heavy atom. The molecule has 0 aromatic carbocycles. The van der Waals surface area contributed by atoms with Crippen LogP contribution in [-0.2, 0) is 9.53 Å². The van der Waals surface area contributed by atoms with Gasteiger partial charge in [-0.15, -0.1) is 0 Å². The Kier molecular flexibility index (Phi) is 9.73. The number of carbonyl (C=O) groups is 2. The van der Waals surface area contributed by atoms with Crippen molar-refractivity contribution in [2.24, 2.45) is 17.8 Å². The third-order valence-corrected chi connectivity index (χ3v) is 5.71. The molecule has 1 rings (SSSR count). The van der Waals surface area contributed by atoms with Gasteiger partial charge < -0.3 is 15.4 Å². The zero-order valence-corrected chi connectivity index (χ0v) is 16.5. The molecular formula is C18H31N3O3S. The zero-order chi connectivity index (χ0) is 18.8. The molecule has 4 atom stereocenters. The smallest absolute Gasteiger partial charge is 0.407 e. The van der Waals surface area contributed by atoms with E-state index in [1.807, 2.05) is 12.3 Å². The van der Waals surface area contributed by atoms with Gasteiger partial charge in [0.15, 0.2) is 0 Å². The van der Waals surface area contributed by atoms with Crippen molar-refractivity contribution >= 4 is 23.8 Å². The van der Waals surface area contributed by atoms with E-state index in [1.54, 1.807) is 0 Å². The van der Waals surface area contributed by atoms with Gasteiger partial charge in [-0.05, 0) is 36.9 Å². The van der Waals surface area contributed by atoms with Crippen LogP contribution in [0.4, 0.5) is 4.79 Å². The average Bonchev–Trinajstić information content (AvgIpc) is 2.55. The lowest BCUT2D eigenvalue weighted by Gasteiger charge is -2.36. The average molecular weight is 370 g/mol. The first-order chi connectivity index (χ1) is 11.9. The highest BCUT2D eigenvalue weighted by Gasteiger charge is 2.33. The normalized spacial score (nSPS) is 24.2. The molecule has 0 heterocycles. The predicted molar refractivity (Wildman–Crippen MR) is 100 cm³/mol. The molecule has 4 unspecified atom stereocenters. The fourth-order valence-electron chi connectivity index (χ4n) is 3.24. The van der Waals surface area contributed by atoms with Crippen LogP contribution in [-0.4, -0.2) is 42.7 Å². The van der Waals surface area contributed by atoms with Crippen LogP contribution in [0, 0.1) is 29.1 Å². The molecule has 0 aromatic rings. The van der Waals surface area contributed by atoms with Crippen molar-refractivity contribution in [1.29, 1.82) is 5.26 Å². The first-order valence-electron chi connectivity index (χ1n) is 9.00. The fourth-order valence-corrected chi connectivity index (χ4v) is 3.79. The van der Waals surface area contributed by atoms with Crippen LogP contribution in [0.1, 0.15) is 46.5 Å². The summed E-state index contributed by atoms with van der Waals surface area (Å²) < 4.78 is 5.67. The van der Waals surface area contributed by atoms with Gasteiger partial charge in [-0.25, -0.2) is 4.79 Å². The molecule has 0 bridgehead atoms. The Hall–Kier alpha value is -1.42. The van der Waals surface area contributed by atoms with Crippen molar-refractivity contribution < 1.29 is 14.3 Å². The number of hydrogen-bond donors (Lipinski definition) is 2. The van der Waals surface area contributed by atoms with Crippen LogP contribution in [0.2, 0.25) is 0 Å². The van der Waals surface area contributed by atoms with E-state index in [9.17, 15) is 9.59 Å². The minimum atomic E-state index is -0.450. The van der Waals surface area contributed by atoms with E-state index < -0.39 is 11.3 Å². The van der Waals surface area contributed by atoms with Crippen molar-refractivity contribution in [3.8, 4) is 6.07 Å². The number of nitriles is 1. The second-order valence-electron chi connectivity index (χ2n) is 7.07. The lowest BCUT2D eigenvalue weighted by atomic mass is 9.75. The standard InChI is InChI=1S/C18H31N3O3S/c1-12(2)14-7-6-13(3)10-15(14)24-18(23)21-11-16(25-4)17(22)20-9-5-8-19/h12-16H,5-7,9-11H2,1-4H3,(H,20,22)(H,21,23). The van der Waals surface area contributed by atoms with Crippen LogP contribution >= 0.6 is 11.8 Å². The molecule has 142 valence electrons. The van der Waals surface area contributed by atoms with E-state index in [4.69, 9.17) is 10.00 Å². The highest BCUT2D eigenvalue weighted by molar-refractivity contribution is 7.99. The van der Waals surface area contributed by atoms with Gasteiger partial charge in [0, 0.05) is 13.1 Å². The maximum Gasteiger partial charge on any atom is 0.407 e. The van der Waals surface area contributed by atoms with E-state index >= 15 is 0 Å². The maximum absolute atomic E-state index is 12.2. The van der Waals surface area contributed by atoms with E-state index in [2.05, 4.69) is 31.4 Å². The van der Waals surface area contributed by atoms with Crippen LogP contribution in [0.5, 0.6) is 0 Å². The van der Waals surface area contributed by atoms with Gasteiger partial charge in [0.2, 0.25) is 5.91 Å². The molecule has 0 saturated heterocycles. The summed E-state index contributed by atoms with van der Waals surface area (Å²) in [5.41, 5.74) is 0. The molecule has 2 amide bonds. The summed E-state index contributed by atoms with van der Waals surface area (Å²) in [5, 5.41) is 13.5. The highest BCUT2D eigenvalue weighted by atomic mass is 32.2. The van der Waals surface area contributed by atoms with Crippen molar-refractivity contribution in [3.05, 3.63) is 0 Å². The van der Waals surface area contributed by atoms with Gasteiger partial charge in [0.25, 0.3) is 0 Å². The lowest BCUT2D eigenvalue weighted by Crippen LogP contribution is -2.43. The van der Waals surface area contributed by atoms with Crippen LogP contribution in [0.25, 0.3) is 0 Å². The van der Waals surface area contributed by atoms with Gasteiger partial charge in [-0.2, -0.15) is 17.0 Å². The summed E-state index contributed by atoms with van der Waals surface area (Å²) >= 11 is 1.36. The number of hydrogen-bond acceptors (Lipinski definition) is 5. The van der Waals surface area contributed by atoms with Crippen LogP contribution < -0.4 is 10.6 Å². The Morgan fingerprint density at radius 2 is 2.04 bits per heavy atom. The molecule has 25 heavy (non-hydrogen) atoms. The molecule has 0 aromatic heterocycles. The molecule has 6 nitrogen and oxygen atoms in total. The third kappa shape index (κ3) is 7.55. The van der Waals surface area contributed by atoms with Gasteiger partial charge in [0.05, 0.1) is 12.5 Å². The summed E-state index contributed by atoms with van der Waals surface area (Å²) in [4.78, 5) is 24.2. The minimum absolute atomic E-state index is 0.0547. The maximum atomic E-state index is 12.2. The van der Waals surface area contributed by atoms with Gasteiger partial charge in [-0.3, -0.25) is 4.79 Å². The number of thioether (sulfide) groups is 1. The summed E-state index contributed by atoms with van der Waals surface area (Å²) in [6, 6.07) is 1.98. The number of nitrogens with zero attached hydrogens (tertiary/aromatic N) is 1. The first kappa shape index (κ1) is 21.6. The zero-order valence-electron chi connectivity index (χ0n) is 15.7. The minimum Gasteiger partial charge on any atom is -0.446 e. The van der Waals surface area contributed by atoms with E-state index in [0.717, 1.165) is 12.8 Å². The van der Waals surface area contributed by atoms with Gasteiger partial charge in [-0.1, -0.05) is 27.2 Å². The van der Waals surface area contributed by atoms with Crippen molar-refractivity contribution in [2.45, 2.75) is 57.8 Å². The Balaban J connectivity index is 2.46. The van der Waals surface area contributed by atoms with E-state index in [0.29, 0.717) is 24.3 Å². The molecular weight excluding hydrogens is 338 g/mol. The molecule has 1 aliphatic carbocycles. The molecule has 0 aliphatic heterocycles. The largest absolute Gasteiger partial charge is 0.446 e. The number of rotatable bonds is 8. The number of alkyl carbamates (subject to hydrolysis) is 1. The lowest BCUT2D eigenvalue weighted by molar-refractivity contribution is -0.120. The predicted octanol–water partition coefficient (Wildman–Crippen LogP) is 2.93. The third-order valence-electron chi connectivity index (χ3n) is 4.76. The molecule has 0 radical (unpaired) electrons. The Bertz CT molecular complexity index is 479. The molecule has 1 saturated carbocycles. The van der Waals surface area contributed by atoms with E-state index in [-0.39, 0.29) is 25.0 Å². The van der Waals surface area contributed by atoms with Crippen molar-refractivity contribution in [2.75, 3.05) is 19.3 Å². The number of nitrogens with one attached hydrogen (secondary N) is 2. The summed E-state index contributed by atoms with van der Waals surface area (Å²) in [6.07, 6.45) is 4.76. The number of amides is 2. The van der Waals surface area contributed by atoms with Crippen molar-refractivity contribution in [1.82, 2.24) is 10.6 Å². The number of carbonyl (C=O) groups excluding carboxylic acids is 2. The summed E-state index contributed by atoms with van der Waals surface area (Å²) in [5.74, 6) is 1.27. The first-order valence-corrected chi connectivity index (χ1v) is 10.3. The Morgan fingerprint density at radius 1 is 1.32 bits per heavy atom. The fraction of sp³-hybridized carbons (Fsp3) is 0.833. The molecule has 2 N–H and O–H groups in total. The second kappa shape index (κ2) is 11.2. The Labute approximate surface area is 155 Å². The monoisotopic (exact) mass is 369 g/mol. The topological polar surface area (TPSA) is 91.2 Å². The molecule has 1 aliphatic rings. The van der Waals surface area contributed by atoms with E-state index in [1.165, 1.54) is 18.2 Å². The van der Waals surface area contributed by atoms with Crippen molar-refractivity contribution in [3.63, 3.8) is 0 Å². The van der Waals surface area contributed by atoms with Gasteiger partial charge in [0.1, 0.15) is 11.4 Å². The number of ether oxygens (including phenoxy) is 1. The van der Waals surface area contributed by atoms with Gasteiger partial charge >= 0.3 is 6.09 Å². The van der Waals surface area contributed by atoms with Crippen LogP contribution in [0.3, 0.4) is 0 Å². The summed E-state index contributed by atoms with van der Waals surface area (Å²) in [7, 11) is 0. The van der Waals surface area contributed by atoms with Crippen LogP contribution in [0.15, 0.2) is 0 Å². The SMILES string of the molecule is CSC(CNC(=O)OC1CC(C)CCC1C(C)C)C(=O)NCCC#N. The molecule has 1 fully saturated rings. The molecule has 0 spiro atoms. The second-order valence-corrected chi connectivity index (χ2v) is 8.11. The highest BCUT2D eigenvalue weighted by Crippen LogP contribution is 2.35. The quantitative estimate of drug-likeness (QED) is 0.642. The summed E-state index contributed by atoms with van der Waals surface area (Å²) in [6.45, 7) is 7.08. The molecule has 7 heteroatoms.